The minimum Gasteiger partial charge on any atom is -0.496 e. The molecular weight excluding hydrogens is 456 g/mol. The molecule has 0 bridgehead atoms. The number of fused-ring (bicyclic) bond motifs is 1. The average Bonchev–Trinajstić information content (AvgIpc) is 3.16. The molecule has 11 heteroatoms. The Bertz CT molecular complexity index is 1300. The van der Waals surface area contributed by atoms with Crippen molar-refractivity contribution >= 4 is 16.9 Å². The lowest BCUT2D eigenvalue weighted by Crippen LogP contribution is -2.51. The second kappa shape index (κ2) is 9.02. The molecule has 0 saturated carbocycles. The Morgan fingerprint density at radius 3 is 2.60 bits per heavy atom. The number of anilines is 1. The number of aromatic nitrogens is 4. The number of likely N-dealkylation sites (tertiary alicyclic amines) is 1. The third-order valence-corrected chi connectivity index (χ3v) is 6.48. The maximum Gasteiger partial charge on any atom is 0.282 e. The highest BCUT2D eigenvalue weighted by atomic mass is 19.3. The van der Waals surface area contributed by atoms with Crippen molar-refractivity contribution < 1.29 is 18.6 Å². The second-order valence-electron chi connectivity index (χ2n) is 9.66. The van der Waals surface area contributed by atoms with Crippen molar-refractivity contribution in [1.82, 2.24) is 24.6 Å². The van der Waals surface area contributed by atoms with Gasteiger partial charge in [-0.05, 0) is 39.3 Å². The average molecular weight is 486 g/mol. The van der Waals surface area contributed by atoms with Crippen molar-refractivity contribution in [3.63, 3.8) is 0 Å². The maximum absolute atomic E-state index is 13.8. The van der Waals surface area contributed by atoms with Crippen LogP contribution in [0.3, 0.4) is 0 Å². The Hall–Kier alpha value is -3.36. The molecule has 1 aliphatic rings. The van der Waals surface area contributed by atoms with Gasteiger partial charge >= 0.3 is 0 Å². The molecule has 0 spiro atoms. The smallest absolute Gasteiger partial charge is 0.282 e. The van der Waals surface area contributed by atoms with E-state index in [9.17, 15) is 19.1 Å². The quantitative estimate of drug-likeness (QED) is 0.522. The maximum atomic E-state index is 13.8. The molecule has 3 aromatic rings. The number of β-amino-alcohol motifs (C(OH)–C–C–N with tert-alkyl or cyclic N) is 1. The van der Waals surface area contributed by atoms with E-state index >= 15 is 0 Å². The minimum absolute atomic E-state index is 0.0161. The summed E-state index contributed by atoms with van der Waals surface area (Å²) < 4.78 is 34.8. The highest BCUT2D eigenvalue weighted by Crippen LogP contribution is 2.43. The molecule has 1 atom stereocenters. The standard InChI is InChI=1S/C24H29F2N7O2/c1-12-14(7-27)6-16(20(35-5)17(12)15-8-32(9-15)10-24(3,4)34)13(2)33-23-18(19(31-33)21(25)26)22(28)29-11-30-23/h6,11,13,15,21,34H,8-10H2,1-5H3,(H2,28,29,30). The van der Waals surface area contributed by atoms with Crippen molar-refractivity contribution in [2.75, 3.05) is 32.5 Å². The number of ether oxygens (including phenoxy) is 1. The van der Waals surface area contributed by atoms with E-state index in [0.29, 0.717) is 36.5 Å². The van der Waals surface area contributed by atoms with Gasteiger partial charge in [-0.25, -0.2) is 23.4 Å². The van der Waals surface area contributed by atoms with Gasteiger partial charge in [0.2, 0.25) is 0 Å². The summed E-state index contributed by atoms with van der Waals surface area (Å²) >= 11 is 0. The van der Waals surface area contributed by atoms with Crippen LogP contribution in [0.1, 0.15) is 67.1 Å². The zero-order chi connectivity index (χ0) is 25.7. The molecule has 35 heavy (non-hydrogen) atoms. The lowest BCUT2D eigenvalue weighted by Gasteiger charge is -2.43. The van der Waals surface area contributed by atoms with Gasteiger partial charge in [-0.15, -0.1) is 0 Å². The first-order valence-corrected chi connectivity index (χ1v) is 11.3. The Morgan fingerprint density at radius 1 is 1.34 bits per heavy atom. The van der Waals surface area contributed by atoms with E-state index in [0.717, 1.165) is 11.1 Å². The van der Waals surface area contributed by atoms with E-state index in [2.05, 4.69) is 26.0 Å². The number of rotatable bonds is 7. The van der Waals surface area contributed by atoms with Crippen LogP contribution in [-0.2, 0) is 0 Å². The molecule has 1 aromatic carbocycles. The highest BCUT2D eigenvalue weighted by molar-refractivity contribution is 5.88. The third kappa shape index (κ3) is 4.39. The molecule has 1 fully saturated rings. The van der Waals surface area contributed by atoms with Crippen molar-refractivity contribution in [3.8, 4) is 11.8 Å². The van der Waals surface area contributed by atoms with Gasteiger partial charge in [0.15, 0.2) is 5.65 Å². The van der Waals surface area contributed by atoms with Gasteiger partial charge in [-0.1, -0.05) is 0 Å². The minimum atomic E-state index is -2.86. The molecule has 3 N–H and O–H groups in total. The number of alkyl halides is 2. The Kier molecular flexibility index (Phi) is 6.38. The van der Waals surface area contributed by atoms with Crippen molar-refractivity contribution in [2.24, 2.45) is 0 Å². The Labute approximate surface area is 202 Å². The third-order valence-electron chi connectivity index (χ3n) is 6.48. The number of nitrogen functional groups attached to an aromatic ring is 1. The highest BCUT2D eigenvalue weighted by Gasteiger charge is 2.36. The fourth-order valence-electron chi connectivity index (χ4n) is 4.95. The van der Waals surface area contributed by atoms with Gasteiger partial charge < -0.3 is 15.6 Å². The van der Waals surface area contributed by atoms with E-state index < -0.39 is 23.8 Å². The van der Waals surface area contributed by atoms with Gasteiger partial charge in [-0.3, -0.25) is 4.90 Å². The Morgan fingerprint density at radius 2 is 2.03 bits per heavy atom. The van der Waals surface area contributed by atoms with Crippen molar-refractivity contribution in [3.05, 3.63) is 40.3 Å². The molecule has 1 saturated heterocycles. The van der Waals surface area contributed by atoms with Gasteiger partial charge in [0.05, 0.1) is 35.8 Å². The molecule has 1 unspecified atom stereocenters. The molecule has 0 radical (unpaired) electrons. The zero-order valence-corrected chi connectivity index (χ0v) is 20.4. The van der Waals surface area contributed by atoms with E-state index in [-0.39, 0.29) is 22.8 Å². The number of aliphatic hydroxyl groups is 1. The summed E-state index contributed by atoms with van der Waals surface area (Å²) in [6.45, 7) is 9.14. The summed E-state index contributed by atoms with van der Waals surface area (Å²) in [7, 11) is 1.56. The van der Waals surface area contributed by atoms with Crippen LogP contribution in [0, 0.1) is 18.3 Å². The summed E-state index contributed by atoms with van der Waals surface area (Å²) in [5.74, 6) is 0.612. The largest absolute Gasteiger partial charge is 0.496 e. The summed E-state index contributed by atoms with van der Waals surface area (Å²) in [5.41, 5.74) is 7.60. The van der Waals surface area contributed by atoms with Crippen LogP contribution in [0.4, 0.5) is 14.6 Å². The van der Waals surface area contributed by atoms with E-state index in [1.54, 1.807) is 33.9 Å². The predicted molar refractivity (Wildman–Crippen MR) is 126 cm³/mol. The molecular formula is C24H29F2N7O2. The van der Waals surface area contributed by atoms with E-state index in [1.807, 2.05) is 6.92 Å². The predicted octanol–water partition coefficient (Wildman–Crippen LogP) is 3.31. The SMILES string of the molecule is COc1c(C(C)n2nc(C(F)F)c3c(N)ncnc32)cc(C#N)c(C)c1C1CN(CC(C)(C)O)C1. The van der Waals surface area contributed by atoms with Crippen LogP contribution in [0.25, 0.3) is 11.0 Å². The molecule has 2 aromatic heterocycles. The molecule has 1 aliphatic heterocycles. The topological polar surface area (TPSA) is 126 Å². The zero-order valence-electron chi connectivity index (χ0n) is 20.4. The summed E-state index contributed by atoms with van der Waals surface area (Å²) in [5, 5.41) is 24.2. The summed E-state index contributed by atoms with van der Waals surface area (Å²) in [6, 6.07) is 3.38. The number of hydrogen-bond acceptors (Lipinski definition) is 8. The molecule has 9 nitrogen and oxygen atoms in total. The monoisotopic (exact) mass is 485 g/mol. The van der Waals surface area contributed by atoms with Gasteiger partial charge in [0.1, 0.15) is 23.6 Å². The van der Waals surface area contributed by atoms with Gasteiger partial charge in [0, 0.05) is 36.7 Å². The molecule has 3 heterocycles. The molecule has 0 aliphatic carbocycles. The molecule has 4 rings (SSSR count). The number of methoxy groups -OCH3 is 1. The van der Waals surface area contributed by atoms with Gasteiger partial charge in [0.25, 0.3) is 6.43 Å². The summed E-state index contributed by atoms with van der Waals surface area (Å²) in [6.07, 6.45) is -1.65. The first-order chi connectivity index (χ1) is 16.5. The van der Waals surface area contributed by atoms with Crippen molar-refractivity contribution in [2.45, 2.75) is 51.7 Å². The first kappa shape index (κ1) is 24.8. The Balaban J connectivity index is 1.82. The van der Waals surface area contributed by atoms with Crippen LogP contribution in [0.15, 0.2) is 12.4 Å². The number of benzene rings is 1. The number of nitrogens with two attached hydrogens (primary N) is 1. The van der Waals surface area contributed by atoms with Crippen LogP contribution in [0.2, 0.25) is 0 Å². The fourth-order valence-corrected chi connectivity index (χ4v) is 4.95. The van der Waals surface area contributed by atoms with Gasteiger partial charge in [-0.2, -0.15) is 10.4 Å². The van der Waals surface area contributed by atoms with E-state index in [1.165, 1.54) is 11.0 Å². The van der Waals surface area contributed by atoms with E-state index in [4.69, 9.17) is 10.5 Å². The number of halogens is 2. The second-order valence-corrected chi connectivity index (χ2v) is 9.66. The number of hydrogen-bond donors (Lipinski definition) is 2. The number of nitrogens with zero attached hydrogens (tertiary/aromatic N) is 6. The van der Waals surface area contributed by atoms with Crippen LogP contribution in [-0.4, -0.2) is 62.1 Å². The lowest BCUT2D eigenvalue weighted by atomic mass is 9.83. The van der Waals surface area contributed by atoms with Crippen LogP contribution in [0.5, 0.6) is 5.75 Å². The lowest BCUT2D eigenvalue weighted by molar-refractivity contribution is 0.00699. The number of nitriles is 1. The summed E-state index contributed by atoms with van der Waals surface area (Å²) in [4.78, 5) is 10.2. The normalized spacial score (nSPS) is 15.9. The van der Waals surface area contributed by atoms with Crippen LogP contribution < -0.4 is 10.5 Å². The first-order valence-electron chi connectivity index (χ1n) is 11.3. The molecule has 186 valence electrons. The van der Waals surface area contributed by atoms with Crippen molar-refractivity contribution in [1.29, 1.82) is 5.26 Å². The molecule has 0 amide bonds. The van der Waals surface area contributed by atoms with Crippen LogP contribution >= 0.6 is 0 Å². The fraction of sp³-hybridized carbons (Fsp3) is 0.500.